The number of rotatable bonds is 6. The zero-order chi connectivity index (χ0) is 21.0. The number of aromatic nitrogens is 1. The van der Waals surface area contributed by atoms with Crippen molar-refractivity contribution in [2.75, 3.05) is 40.0 Å². The van der Waals surface area contributed by atoms with Crippen LogP contribution in [-0.4, -0.2) is 67.3 Å². The third-order valence-electron chi connectivity index (χ3n) is 6.22. The second-order valence-corrected chi connectivity index (χ2v) is 8.26. The minimum Gasteiger partial charge on any atom is -0.385 e. The first kappa shape index (κ1) is 20.8. The van der Waals surface area contributed by atoms with Crippen LogP contribution in [0.4, 0.5) is 0 Å². The van der Waals surface area contributed by atoms with Crippen LogP contribution in [0.25, 0.3) is 10.9 Å². The van der Waals surface area contributed by atoms with Crippen molar-refractivity contribution in [3.05, 3.63) is 42.1 Å². The normalized spacial score (nSPS) is 22.4. The van der Waals surface area contributed by atoms with Gasteiger partial charge in [0.1, 0.15) is 5.69 Å². The van der Waals surface area contributed by atoms with Crippen molar-refractivity contribution >= 4 is 22.7 Å². The third kappa shape index (κ3) is 4.47. The fourth-order valence-corrected chi connectivity index (χ4v) is 4.38. The van der Waals surface area contributed by atoms with Gasteiger partial charge in [0.05, 0.1) is 11.1 Å². The van der Waals surface area contributed by atoms with E-state index in [9.17, 15) is 9.59 Å². The summed E-state index contributed by atoms with van der Waals surface area (Å²) >= 11 is 0. The standard InChI is InChI=1S/C23H29N3O4/c1-29-15-11-23(25-21(27)18-8-13-30-14-9-18)10-12-26(16-23)22(28)20-7-6-17-4-2-3-5-19(17)24-20/h2-7,18H,8-16H2,1H3,(H,25,27). The van der Waals surface area contributed by atoms with Gasteiger partial charge in [-0.25, -0.2) is 4.98 Å². The Kier molecular flexibility index (Phi) is 6.29. The first-order chi connectivity index (χ1) is 14.6. The molecule has 2 aliphatic heterocycles. The lowest BCUT2D eigenvalue weighted by atomic mass is 9.91. The minimum absolute atomic E-state index is 0.0231. The van der Waals surface area contributed by atoms with Crippen LogP contribution in [-0.2, 0) is 14.3 Å². The average molecular weight is 412 g/mol. The highest BCUT2D eigenvalue weighted by atomic mass is 16.5. The van der Waals surface area contributed by atoms with Crippen molar-refractivity contribution in [3.8, 4) is 0 Å². The molecule has 1 unspecified atom stereocenters. The number of amides is 2. The fourth-order valence-electron chi connectivity index (χ4n) is 4.38. The van der Waals surface area contributed by atoms with Crippen LogP contribution in [0.15, 0.2) is 36.4 Å². The Morgan fingerprint density at radius 1 is 1.23 bits per heavy atom. The van der Waals surface area contributed by atoms with Gasteiger partial charge < -0.3 is 19.7 Å². The molecule has 160 valence electrons. The molecule has 0 bridgehead atoms. The second-order valence-electron chi connectivity index (χ2n) is 8.26. The monoisotopic (exact) mass is 411 g/mol. The maximum Gasteiger partial charge on any atom is 0.272 e. The number of pyridine rings is 1. The number of fused-ring (bicyclic) bond motifs is 1. The molecule has 2 aromatic rings. The molecule has 7 heteroatoms. The van der Waals surface area contributed by atoms with Crippen LogP contribution in [0.5, 0.6) is 0 Å². The van der Waals surface area contributed by atoms with E-state index in [0.717, 1.165) is 23.7 Å². The van der Waals surface area contributed by atoms with Gasteiger partial charge in [0, 0.05) is 51.3 Å². The number of carbonyl (C=O) groups excluding carboxylic acids is 2. The Labute approximate surface area is 176 Å². The molecule has 2 amide bonds. The molecule has 2 aliphatic rings. The summed E-state index contributed by atoms with van der Waals surface area (Å²) in [6, 6.07) is 11.5. The zero-order valence-electron chi connectivity index (χ0n) is 17.4. The summed E-state index contributed by atoms with van der Waals surface area (Å²) in [5.41, 5.74) is 0.783. The number of para-hydroxylation sites is 1. The van der Waals surface area contributed by atoms with E-state index in [-0.39, 0.29) is 17.7 Å². The molecule has 1 aromatic carbocycles. The number of nitrogens with zero attached hydrogens (tertiary/aromatic N) is 2. The highest BCUT2D eigenvalue weighted by Gasteiger charge is 2.42. The molecular formula is C23H29N3O4. The number of methoxy groups -OCH3 is 1. The molecule has 2 saturated heterocycles. The Morgan fingerprint density at radius 3 is 2.83 bits per heavy atom. The quantitative estimate of drug-likeness (QED) is 0.790. The van der Waals surface area contributed by atoms with Gasteiger partial charge in [-0.15, -0.1) is 0 Å². The lowest BCUT2D eigenvalue weighted by molar-refractivity contribution is -0.130. The lowest BCUT2D eigenvalue weighted by Crippen LogP contribution is -2.53. The van der Waals surface area contributed by atoms with Gasteiger partial charge in [0.2, 0.25) is 5.91 Å². The molecule has 0 saturated carbocycles. The summed E-state index contributed by atoms with van der Waals surface area (Å²) < 4.78 is 10.7. The molecule has 1 N–H and O–H groups in total. The van der Waals surface area contributed by atoms with Gasteiger partial charge in [0.15, 0.2) is 0 Å². The summed E-state index contributed by atoms with van der Waals surface area (Å²) in [6.45, 7) is 2.84. The average Bonchev–Trinajstić information content (AvgIpc) is 3.21. The van der Waals surface area contributed by atoms with E-state index >= 15 is 0 Å². The summed E-state index contributed by atoms with van der Waals surface area (Å²) in [6.07, 6.45) is 2.88. The largest absolute Gasteiger partial charge is 0.385 e. The highest BCUT2D eigenvalue weighted by Crippen LogP contribution is 2.28. The van der Waals surface area contributed by atoms with Gasteiger partial charge >= 0.3 is 0 Å². The fraction of sp³-hybridized carbons (Fsp3) is 0.522. The summed E-state index contributed by atoms with van der Waals surface area (Å²) in [4.78, 5) is 32.4. The minimum atomic E-state index is -0.460. The molecule has 1 atom stereocenters. The number of benzene rings is 1. The SMILES string of the molecule is COCCC1(NC(=O)C2CCOCC2)CCN(C(=O)c2ccc3ccccc3n2)C1. The van der Waals surface area contributed by atoms with E-state index in [0.29, 0.717) is 51.4 Å². The molecule has 4 rings (SSSR count). The predicted molar refractivity (Wildman–Crippen MR) is 113 cm³/mol. The van der Waals surface area contributed by atoms with Crippen molar-refractivity contribution in [1.29, 1.82) is 0 Å². The van der Waals surface area contributed by atoms with E-state index in [4.69, 9.17) is 9.47 Å². The summed E-state index contributed by atoms with van der Waals surface area (Å²) in [7, 11) is 1.66. The van der Waals surface area contributed by atoms with Crippen LogP contribution >= 0.6 is 0 Å². The Morgan fingerprint density at radius 2 is 2.03 bits per heavy atom. The van der Waals surface area contributed by atoms with Crippen molar-refractivity contribution in [2.24, 2.45) is 5.92 Å². The first-order valence-electron chi connectivity index (χ1n) is 10.6. The maximum absolute atomic E-state index is 13.1. The van der Waals surface area contributed by atoms with Crippen LogP contribution in [0, 0.1) is 5.92 Å². The van der Waals surface area contributed by atoms with Crippen molar-refractivity contribution in [2.45, 2.75) is 31.2 Å². The third-order valence-corrected chi connectivity index (χ3v) is 6.22. The van der Waals surface area contributed by atoms with E-state index in [2.05, 4.69) is 10.3 Å². The zero-order valence-corrected chi connectivity index (χ0v) is 17.4. The summed E-state index contributed by atoms with van der Waals surface area (Å²) in [5, 5.41) is 4.28. The number of likely N-dealkylation sites (tertiary alicyclic amines) is 1. The van der Waals surface area contributed by atoms with E-state index in [1.807, 2.05) is 30.3 Å². The van der Waals surface area contributed by atoms with Gasteiger partial charge in [-0.05, 0) is 37.8 Å². The molecule has 0 spiro atoms. The smallest absolute Gasteiger partial charge is 0.272 e. The number of hydrogen-bond acceptors (Lipinski definition) is 5. The summed E-state index contributed by atoms with van der Waals surface area (Å²) in [5.74, 6) is -0.0574. The van der Waals surface area contributed by atoms with Gasteiger partial charge in [-0.1, -0.05) is 24.3 Å². The number of nitrogens with one attached hydrogen (secondary N) is 1. The van der Waals surface area contributed by atoms with E-state index < -0.39 is 5.54 Å². The maximum atomic E-state index is 13.1. The lowest BCUT2D eigenvalue weighted by Gasteiger charge is -2.33. The Hall–Kier alpha value is -2.51. The molecule has 30 heavy (non-hydrogen) atoms. The van der Waals surface area contributed by atoms with Gasteiger partial charge in [-0.2, -0.15) is 0 Å². The van der Waals surface area contributed by atoms with Crippen molar-refractivity contribution in [3.63, 3.8) is 0 Å². The molecule has 2 fully saturated rings. The van der Waals surface area contributed by atoms with Crippen LogP contribution in [0.2, 0.25) is 0 Å². The van der Waals surface area contributed by atoms with E-state index in [1.54, 1.807) is 18.1 Å². The van der Waals surface area contributed by atoms with Crippen LogP contribution < -0.4 is 5.32 Å². The first-order valence-corrected chi connectivity index (χ1v) is 10.6. The number of ether oxygens (including phenoxy) is 2. The molecule has 7 nitrogen and oxygen atoms in total. The number of carbonyl (C=O) groups is 2. The topological polar surface area (TPSA) is 80.8 Å². The molecular weight excluding hydrogens is 382 g/mol. The van der Waals surface area contributed by atoms with Crippen LogP contribution in [0.3, 0.4) is 0 Å². The molecule has 0 radical (unpaired) electrons. The van der Waals surface area contributed by atoms with Gasteiger partial charge in [0.25, 0.3) is 5.91 Å². The Balaban J connectivity index is 1.48. The molecule has 1 aromatic heterocycles. The highest BCUT2D eigenvalue weighted by molar-refractivity contribution is 5.95. The van der Waals surface area contributed by atoms with Crippen molar-refractivity contribution < 1.29 is 19.1 Å². The molecule has 0 aliphatic carbocycles. The van der Waals surface area contributed by atoms with Gasteiger partial charge in [-0.3, -0.25) is 9.59 Å². The van der Waals surface area contributed by atoms with Crippen molar-refractivity contribution in [1.82, 2.24) is 15.2 Å². The van der Waals surface area contributed by atoms with E-state index in [1.165, 1.54) is 0 Å². The molecule has 3 heterocycles. The predicted octanol–water partition coefficient (Wildman–Crippen LogP) is 2.40. The number of hydrogen-bond donors (Lipinski definition) is 1. The Bertz CT molecular complexity index is 912. The van der Waals surface area contributed by atoms with Crippen LogP contribution in [0.1, 0.15) is 36.2 Å². The second kappa shape index (κ2) is 9.10.